The minimum absolute atomic E-state index is 0.175. The fraction of sp³-hybridized carbons (Fsp3) is 0.500. The number of nitrogens with two attached hydrogens (primary N) is 1. The summed E-state index contributed by atoms with van der Waals surface area (Å²) in [5.74, 6) is -0.706. The molecule has 7 heteroatoms. The summed E-state index contributed by atoms with van der Waals surface area (Å²) in [6.45, 7) is 1.91. The number of nitrogens with one attached hydrogen (secondary N) is 1. The highest BCUT2D eigenvalue weighted by Gasteiger charge is 2.29. The lowest BCUT2D eigenvalue weighted by molar-refractivity contribution is 0.0692. The van der Waals surface area contributed by atoms with Gasteiger partial charge in [-0.2, -0.15) is 0 Å². The lowest BCUT2D eigenvalue weighted by Gasteiger charge is -2.18. The molecule has 0 spiro atoms. The van der Waals surface area contributed by atoms with Crippen LogP contribution in [0.25, 0.3) is 0 Å². The second kappa shape index (κ2) is 6.03. The van der Waals surface area contributed by atoms with Gasteiger partial charge in [0.05, 0.1) is 10.5 Å². The van der Waals surface area contributed by atoms with Crippen LogP contribution in [0.1, 0.15) is 43.0 Å². The fourth-order valence-corrected chi connectivity index (χ4v) is 3.84. The summed E-state index contributed by atoms with van der Waals surface area (Å²) in [6.07, 6.45) is 3.73. The third-order valence-corrected chi connectivity index (χ3v) is 5.22. The number of hydrogen-bond acceptors (Lipinski definition) is 4. The van der Waals surface area contributed by atoms with Crippen LogP contribution in [-0.4, -0.2) is 25.5 Å². The summed E-state index contributed by atoms with van der Waals surface area (Å²) in [4.78, 5) is 10.9. The van der Waals surface area contributed by atoms with Gasteiger partial charge in [-0.3, -0.25) is 0 Å². The highest BCUT2D eigenvalue weighted by Crippen LogP contribution is 2.34. The minimum atomic E-state index is -3.90. The molecule has 1 aromatic carbocycles. The number of rotatable bonds is 7. The Kier molecular flexibility index (Phi) is 4.53. The summed E-state index contributed by atoms with van der Waals surface area (Å²) >= 11 is 0. The van der Waals surface area contributed by atoms with E-state index in [1.165, 1.54) is 18.2 Å². The van der Waals surface area contributed by atoms with Crippen LogP contribution in [0.3, 0.4) is 0 Å². The summed E-state index contributed by atoms with van der Waals surface area (Å²) in [6, 6.07) is 3.61. The summed E-state index contributed by atoms with van der Waals surface area (Å²) in [7, 11) is -3.90. The van der Waals surface area contributed by atoms with Crippen molar-refractivity contribution < 1.29 is 18.3 Å². The molecule has 0 amide bonds. The third-order valence-electron chi connectivity index (χ3n) is 3.65. The third kappa shape index (κ3) is 3.95. The first-order chi connectivity index (χ1) is 9.83. The van der Waals surface area contributed by atoms with Gasteiger partial charge in [-0.05, 0) is 37.0 Å². The highest BCUT2D eigenvalue weighted by molar-refractivity contribution is 7.89. The molecule has 1 fully saturated rings. The Labute approximate surface area is 124 Å². The van der Waals surface area contributed by atoms with Crippen LogP contribution in [0.2, 0.25) is 0 Å². The largest absolute Gasteiger partial charge is 0.478 e. The quantitative estimate of drug-likeness (QED) is 0.665. The molecule has 2 rings (SSSR count). The molecular formula is C14H20N2O4S. The second-order valence-corrected chi connectivity index (χ2v) is 7.15. The number of anilines is 1. The molecular weight excluding hydrogens is 292 g/mol. The molecule has 0 saturated heterocycles. The van der Waals surface area contributed by atoms with Crippen molar-refractivity contribution in [3.63, 3.8) is 0 Å². The first-order valence-corrected chi connectivity index (χ1v) is 8.47. The Morgan fingerprint density at radius 3 is 2.67 bits per heavy atom. The topological polar surface area (TPSA) is 109 Å². The molecule has 0 aliphatic heterocycles. The molecule has 1 unspecified atom stereocenters. The van der Waals surface area contributed by atoms with Crippen molar-refractivity contribution >= 4 is 21.7 Å². The highest BCUT2D eigenvalue weighted by atomic mass is 32.2. The average Bonchev–Trinajstić information content (AvgIpc) is 3.21. The molecule has 1 aliphatic rings. The van der Waals surface area contributed by atoms with Crippen LogP contribution in [0, 0.1) is 5.92 Å². The Balaban J connectivity index is 2.29. The number of benzene rings is 1. The van der Waals surface area contributed by atoms with Crippen molar-refractivity contribution in [2.75, 3.05) is 5.73 Å². The monoisotopic (exact) mass is 312 g/mol. The Morgan fingerprint density at radius 1 is 1.48 bits per heavy atom. The van der Waals surface area contributed by atoms with Crippen molar-refractivity contribution in [1.82, 2.24) is 4.72 Å². The molecule has 116 valence electrons. The van der Waals surface area contributed by atoms with Gasteiger partial charge in [-0.25, -0.2) is 17.9 Å². The fourth-order valence-electron chi connectivity index (χ4n) is 2.27. The van der Waals surface area contributed by atoms with Crippen molar-refractivity contribution in [1.29, 1.82) is 0 Å². The zero-order valence-electron chi connectivity index (χ0n) is 11.9. The van der Waals surface area contributed by atoms with E-state index in [4.69, 9.17) is 10.8 Å². The molecule has 0 aromatic heterocycles. The molecule has 1 aromatic rings. The maximum Gasteiger partial charge on any atom is 0.337 e. The van der Waals surface area contributed by atoms with Gasteiger partial charge in [0.25, 0.3) is 0 Å². The normalized spacial score (nSPS) is 16.6. The summed E-state index contributed by atoms with van der Waals surface area (Å²) < 4.78 is 27.5. The standard InChI is InChI=1S/C14H20N2O4S/c1-2-11(7-9-3-4-9)16-21(19,20)13-8-10(15)5-6-12(13)14(17)18/h5-6,8-9,11,16H,2-4,7,15H2,1H3,(H,17,18). The maximum absolute atomic E-state index is 12.5. The van der Waals surface area contributed by atoms with Crippen LogP contribution in [0.15, 0.2) is 23.1 Å². The number of carboxylic acids is 1. The van der Waals surface area contributed by atoms with Gasteiger partial charge in [0.2, 0.25) is 10.0 Å². The molecule has 1 aliphatic carbocycles. The van der Waals surface area contributed by atoms with Crippen LogP contribution in [0.4, 0.5) is 5.69 Å². The van der Waals surface area contributed by atoms with E-state index in [0.29, 0.717) is 12.3 Å². The Bertz CT molecular complexity index is 638. The molecule has 0 bridgehead atoms. The van der Waals surface area contributed by atoms with Crippen LogP contribution in [0.5, 0.6) is 0 Å². The zero-order chi connectivity index (χ0) is 15.6. The average molecular weight is 312 g/mol. The number of hydrogen-bond donors (Lipinski definition) is 3. The van der Waals surface area contributed by atoms with Crippen LogP contribution in [-0.2, 0) is 10.0 Å². The molecule has 0 heterocycles. The van der Waals surface area contributed by atoms with E-state index in [0.717, 1.165) is 19.3 Å². The van der Waals surface area contributed by atoms with Crippen LogP contribution < -0.4 is 10.5 Å². The molecule has 1 saturated carbocycles. The maximum atomic E-state index is 12.5. The number of carbonyl (C=O) groups is 1. The zero-order valence-corrected chi connectivity index (χ0v) is 12.7. The van der Waals surface area contributed by atoms with Gasteiger partial charge >= 0.3 is 5.97 Å². The smallest absolute Gasteiger partial charge is 0.337 e. The van der Waals surface area contributed by atoms with Gasteiger partial charge in [-0.15, -0.1) is 0 Å². The molecule has 21 heavy (non-hydrogen) atoms. The second-order valence-electron chi connectivity index (χ2n) is 5.47. The lowest BCUT2D eigenvalue weighted by Crippen LogP contribution is -2.35. The molecule has 0 radical (unpaired) electrons. The predicted octanol–water partition coefficient (Wildman–Crippen LogP) is 1.82. The molecule has 1 atom stereocenters. The van der Waals surface area contributed by atoms with Crippen molar-refractivity contribution in [2.45, 2.75) is 43.5 Å². The first-order valence-electron chi connectivity index (χ1n) is 6.98. The molecule has 6 nitrogen and oxygen atoms in total. The number of aromatic carboxylic acids is 1. The van der Waals surface area contributed by atoms with E-state index < -0.39 is 16.0 Å². The number of nitrogen functional groups attached to an aromatic ring is 1. The number of sulfonamides is 1. The number of carboxylic acid groups (broad SMARTS) is 1. The predicted molar refractivity (Wildman–Crippen MR) is 79.6 cm³/mol. The van der Waals surface area contributed by atoms with Crippen molar-refractivity contribution in [3.05, 3.63) is 23.8 Å². The SMILES string of the molecule is CCC(CC1CC1)NS(=O)(=O)c1cc(N)ccc1C(=O)O. The minimum Gasteiger partial charge on any atom is -0.478 e. The van der Waals surface area contributed by atoms with E-state index >= 15 is 0 Å². The summed E-state index contributed by atoms with van der Waals surface area (Å²) in [5, 5.41) is 9.13. The van der Waals surface area contributed by atoms with E-state index in [9.17, 15) is 13.2 Å². The van der Waals surface area contributed by atoms with Crippen molar-refractivity contribution in [3.8, 4) is 0 Å². The Hall–Kier alpha value is -1.60. The van der Waals surface area contributed by atoms with Gasteiger partial charge in [0.15, 0.2) is 0 Å². The summed E-state index contributed by atoms with van der Waals surface area (Å²) in [5.41, 5.74) is 5.55. The van der Waals surface area contributed by atoms with E-state index in [1.807, 2.05) is 6.92 Å². The van der Waals surface area contributed by atoms with Gasteiger partial charge in [0.1, 0.15) is 0 Å². The first kappa shape index (κ1) is 15.8. The van der Waals surface area contributed by atoms with Gasteiger partial charge < -0.3 is 10.8 Å². The van der Waals surface area contributed by atoms with Crippen LogP contribution >= 0.6 is 0 Å². The van der Waals surface area contributed by atoms with Crippen molar-refractivity contribution in [2.24, 2.45) is 5.92 Å². The van der Waals surface area contributed by atoms with Gasteiger partial charge in [-0.1, -0.05) is 19.8 Å². The lowest BCUT2D eigenvalue weighted by atomic mass is 10.1. The Morgan fingerprint density at radius 2 is 2.14 bits per heavy atom. The van der Waals surface area contributed by atoms with E-state index in [-0.39, 0.29) is 22.2 Å². The van der Waals surface area contributed by atoms with E-state index in [2.05, 4.69) is 4.72 Å². The van der Waals surface area contributed by atoms with E-state index in [1.54, 1.807) is 0 Å². The molecule has 4 N–H and O–H groups in total. The van der Waals surface area contributed by atoms with Gasteiger partial charge in [0, 0.05) is 11.7 Å².